The van der Waals surface area contributed by atoms with Crippen molar-refractivity contribution in [3.05, 3.63) is 29.4 Å². The molecule has 0 radical (unpaired) electrons. The number of nitrogens with zero attached hydrogens (tertiary/aromatic N) is 2. The summed E-state index contributed by atoms with van der Waals surface area (Å²) in [5.41, 5.74) is 0.408. The van der Waals surface area contributed by atoms with Crippen LogP contribution >= 0.6 is 11.6 Å². The molecule has 2 aromatic rings. The van der Waals surface area contributed by atoms with Gasteiger partial charge in [-0.05, 0) is 24.7 Å². The van der Waals surface area contributed by atoms with Crippen LogP contribution in [-0.4, -0.2) is 16.2 Å². The van der Waals surface area contributed by atoms with Crippen LogP contribution in [0.25, 0.3) is 10.8 Å². The Labute approximate surface area is 124 Å². The van der Waals surface area contributed by atoms with Crippen molar-refractivity contribution >= 4 is 28.2 Å². The topological polar surface area (TPSA) is 37.8 Å². The molecular formula is C16H20ClN3. The maximum absolute atomic E-state index is 6.12. The summed E-state index contributed by atoms with van der Waals surface area (Å²) in [4.78, 5) is 0. The van der Waals surface area contributed by atoms with Crippen LogP contribution in [0, 0.1) is 5.41 Å². The van der Waals surface area contributed by atoms with Gasteiger partial charge in [-0.1, -0.05) is 56.1 Å². The van der Waals surface area contributed by atoms with E-state index >= 15 is 0 Å². The quantitative estimate of drug-likeness (QED) is 0.873. The SMILES string of the molecule is CC1(C)CCCC(Nc2nnc(Cl)c3ccccc23)C1. The highest BCUT2D eigenvalue weighted by Crippen LogP contribution is 2.37. The third-order valence-corrected chi connectivity index (χ3v) is 4.47. The predicted octanol–water partition coefficient (Wildman–Crippen LogP) is 4.66. The van der Waals surface area contributed by atoms with Crippen molar-refractivity contribution in [3.8, 4) is 0 Å². The summed E-state index contributed by atoms with van der Waals surface area (Å²) in [6.07, 6.45) is 4.94. The monoisotopic (exact) mass is 289 g/mol. The van der Waals surface area contributed by atoms with Gasteiger partial charge in [-0.2, -0.15) is 0 Å². The van der Waals surface area contributed by atoms with E-state index in [1.807, 2.05) is 24.3 Å². The summed E-state index contributed by atoms with van der Waals surface area (Å²) in [7, 11) is 0. The van der Waals surface area contributed by atoms with E-state index in [1.165, 1.54) is 25.7 Å². The van der Waals surface area contributed by atoms with E-state index in [0.717, 1.165) is 16.6 Å². The maximum Gasteiger partial charge on any atom is 0.159 e. The van der Waals surface area contributed by atoms with Crippen LogP contribution in [0.2, 0.25) is 5.15 Å². The Hall–Kier alpha value is -1.35. The van der Waals surface area contributed by atoms with Crippen molar-refractivity contribution in [1.29, 1.82) is 0 Å². The number of halogens is 1. The van der Waals surface area contributed by atoms with Crippen molar-refractivity contribution in [2.75, 3.05) is 5.32 Å². The minimum atomic E-state index is 0.408. The van der Waals surface area contributed by atoms with E-state index in [0.29, 0.717) is 16.6 Å². The van der Waals surface area contributed by atoms with Crippen molar-refractivity contribution < 1.29 is 0 Å². The van der Waals surface area contributed by atoms with Gasteiger partial charge < -0.3 is 5.32 Å². The van der Waals surface area contributed by atoms with Gasteiger partial charge in [-0.3, -0.25) is 0 Å². The normalized spacial score (nSPS) is 21.9. The molecule has 3 rings (SSSR count). The lowest BCUT2D eigenvalue weighted by atomic mass is 9.75. The molecule has 4 heteroatoms. The first-order valence-corrected chi connectivity index (χ1v) is 7.60. The first-order valence-electron chi connectivity index (χ1n) is 7.23. The van der Waals surface area contributed by atoms with Gasteiger partial charge in [0.15, 0.2) is 11.0 Å². The largest absolute Gasteiger partial charge is 0.365 e. The highest BCUT2D eigenvalue weighted by atomic mass is 35.5. The fourth-order valence-corrected chi connectivity index (χ4v) is 3.40. The number of rotatable bonds is 2. The summed E-state index contributed by atoms with van der Waals surface area (Å²) in [6.45, 7) is 4.68. The zero-order valence-corrected chi connectivity index (χ0v) is 12.7. The molecule has 1 aliphatic carbocycles. The molecule has 20 heavy (non-hydrogen) atoms. The molecule has 1 N–H and O–H groups in total. The molecule has 1 saturated carbocycles. The molecule has 0 amide bonds. The molecule has 1 aromatic heterocycles. The lowest BCUT2D eigenvalue weighted by molar-refractivity contribution is 0.229. The fraction of sp³-hybridized carbons (Fsp3) is 0.500. The standard InChI is InChI=1S/C16H20ClN3/c1-16(2)9-5-6-11(10-16)18-15-13-8-4-3-7-12(13)14(17)19-20-15/h3-4,7-8,11H,5-6,9-10H2,1-2H3,(H,18,20). The molecule has 106 valence electrons. The van der Waals surface area contributed by atoms with Gasteiger partial charge in [0.1, 0.15) is 0 Å². The Bertz CT molecular complexity index is 624. The number of aromatic nitrogens is 2. The molecule has 0 spiro atoms. The van der Waals surface area contributed by atoms with Crippen LogP contribution in [0.4, 0.5) is 5.82 Å². The summed E-state index contributed by atoms with van der Waals surface area (Å²) >= 11 is 6.12. The first-order chi connectivity index (χ1) is 9.55. The zero-order chi connectivity index (χ0) is 14.2. The van der Waals surface area contributed by atoms with E-state index in [1.54, 1.807) is 0 Å². The highest BCUT2D eigenvalue weighted by molar-refractivity contribution is 6.34. The lowest BCUT2D eigenvalue weighted by Gasteiger charge is -2.35. The molecule has 1 unspecified atom stereocenters. The molecule has 1 atom stereocenters. The van der Waals surface area contributed by atoms with Gasteiger partial charge in [-0.15, -0.1) is 10.2 Å². The molecule has 1 heterocycles. The average Bonchev–Trinajstić information content (AvgIpc) is 2.41. The van der Waals surface area contributed by atoms with Crippen LogP contribution in [0.1, 0.15) is 39.5 Å². The lowest BCUT2D eigenvalue weighted by Crippen LogP contribution is -2.32. The van der Waals surface area contributed by atoms with E-state index in [-0.39, 0.29) is 0 Å². The van der Waals surface area contributed by atoms with Gasteiger partial charge in [-0.25, -0.2) is 0 Å². The molecule has 1 aromatic carbocycles. The fourth-order valence-electron chi connectivity index (χ4n) is 3.19. The first kappa shape index (κ1) is 13.6. The second-order valence-corrected chi connectivity index (χ2v) is 6.84. The highest BCUT2D eigenvalue weighted by Gasteiger charge is 2.28. The van der Waals surface area contributed by atoms with Crippen molar-refractivity contribution in [2.45, 2.75) is 45.6 Å². The molecule has 0 bridgehead atoms. The van der Waals surface area contributed by atoms with Gasteiger partial charge in [0.05, 0.1) is 0 Å². The molecule has 0 aliphatic heterocycles. The van der Waals surface area contributed by atoms with Gasteiger partial charge in [0.2, 0.25) is 0 Å². The van der Waals surface area contributed by atoms with Crippen LogP contribution in [0.15, 0.2) is 24.3 Å². The minimum Gasteiger partial charge on any atom is -0.365 e. The third kappa shape index (κ3) is 2.73. The number of anilines is 1. The van der Waals surface area contributed by atoms with Crippen molar-refractivity contribution in [2.24, 2.45) is 5.41 Å². The molecule has 3 nitrogen and oxygen atoms in total. The Morgan fingerprint density at radius 3 is 2.70 bits per heavy atom. The van der Waals surface area contributed by atoms with E-state index < -0.39 is 0 Å². The van der Waals surface area contributed by atoms with Crippen LogP contribution in [0.3, 0.4) is 0 Å². The molecule has 1 fully saturated rings. The van der Waals surface area contributed by atoms with Gasteiger partial charge in [0, 0.05) is 16.8 Å². The summed E-state index contributed by atoms with van der Waals surface area (Å²) in [5.74, 6) is 0.854. The number of hydrogen-bond donors (Lipinski definition) is 1. The molecule has 1 aliphatic rings. The number of benzene rings is 1. The van der Waals surface area contributed by atoms with E-state index in [2.05, 4.69) is 29.4 Å². The van der Waals surface area contributed by atoms with E-state index in [4.69, 9.17) is 11.6 Å². The van der Waals surface area contributed by atoms with Crippen LogP contribution < -0.4 is 5.32 Å². The second-order valence-electron chi connectivity index (χ2n) is 6.49. The Kier molecular flexibility index (Phi) is 3.55. The van der Waals surface area contributed by atoms with Gasteiger partial charge >= 0.3 is 0 Å². The Balaban J connectivity index is 1.90. The number of hydrogen-bond acceptors (Lipinski definition) is 3. The Morgan fingerprint density at radius 2 is 1.95 bits per heavy atom. The van der Waals surface area contributed by atoms with Crippen molar-refractivity contribution in [3.63, 3.8) is 0 Å². The van der Waals surface area contributed by atoms with Crippen LogP contribution in [-0.2, 0) is 0 Å². The number of nitrogens with one attached hydrogen (secondary N) is 1. The third-order valence-electron chi connectivity index (χ3n) is 4.19. The maximum atomic E-state index is 6.12. The van der Waals surface area contributed by atoms with Gasteiger partial charge in [0.25, 0.3) is 0 Å². The smallest absolute Gasteiger partial charge is 0.159 e. The van der Waals surface area contributed by atoms with E-state index in [9.17, 15) is 0 Å². The second kappa shape index (κ2) is 5.21. The van der Waals surface area contributed by atoms with Crippen LogP contribution in [0.5, 0.6) is 0 Å². The predicted molar refractivity (Wildman–Crippen MR) is 84.2 cm³/mol. The molecule has 0 saturated heterocycles. The summed E-state index contributed by atoms with van der Waals surface area (Å²) in [5, 5.41) is 14.4. The number of fused-ring (bicyclic) bond motifs is 1. The minimum absolute atomic E-state index is 0.408. The molecular weight excluding hydrogens is 270 g/mol. The average molecular weight is 290 g/mol. The van der Waals surface area contributed by atoms with Crippen molar-refractivity contribution in [1.82, 2.24) is 10.2 Å². The Morgan fingerprint density at radius 1 is 1.20 bits per heavy atom. The summed E-state index contributed by atoms with van der Waals surface area (Å²) in [6, 6.07) is 8.49. The summed E-state index contributed by atoms with van der Waals surface area (Å²) < 4.78 is 0. The zero-order valence-electron chi connectivity index (χ0n) is 12.0.